The minimum Gasteiger partial charge on any atom is -0.367 e. The zero-order valence-corrected chi connectivity index (χ0v) is 15.9. The van der Waals surface area contributed by atoms with Crippen LogP contribution in [0.1, 0.15) is 32.5 Å². The van der Waals surface area contributed by atoms with Crippen LogP contribution in [0.15, 0.2) is 42.7 Å². The van der Waals surface area contributed by atoms with E-state index >= 15 is 0 Å². The van der Waals surface area contributed by atoms with E-state index in [2.05, 4.69) is 36.0 Å². The topological polar surface area (TPSA) is 68.6 Å². The first-order valence-electron chi connectivity index (χ1n) is 9.25. The fourth-order valence-corrected chi connectivity index (χ4v) is 3.76. The predicted molar refractivity (Wildman–Crippen MR) is 104 cm³/mol. The summed E-state index contributed by atoms with van der Waals surface area (Å²) in [7, 11) is 0. The van der Waals surface area contributed by atoms with Crippen LogP contribution in [-0.2, 0) is 11.3 Å². The second-order valence-corrected chi connectivity index (χ2v) is 7.68. The Labute approximate surface area is 161 Å². The highest BCUT2D eigenvalue weighted by atomic mass is 19.1. The molecular formula is C21H20FN5O. The molecule has 6 nitrogen and oxygen atoms in total. The van der Waals surface area contributed by atoms with Crippen molar-refractivity contribution in [3.05, 3.63) is 54.2 Å². The summed E-state index contributed by atoms with van der Waals surface area (Å²) in [5, 5.41) is 12.9. The number of aromatic nitrogens is 5. The van der Waals surface area contributed by atoms with Gasteiger partial charge in [0.2, 0.25) is 0 Å². The standard InChI is InChI=1S/C21H20FN5O/c1-12-21(2,3)28-11-17-18(15-8-9-23-20-16(15)10-24-25-20)19(26-27(12)17)13-4-6-14(22)7-5-13/h4-10,12H,11H2,1-3H3,(H,23,24,25)/t12-/m1/s1. The molecule has 1 aliphatic rings. The number of hydrogen-bond acceptors (Lipinski definition) is 4. The van der Waals surface area contributed by atoms with Crippen LogP contribution in [0.4, 0.5) is 4.39 Å². The number of aromatic amines is 1. The number of rotatable bonds is 2. The number of ether oxygens (including phenoxy) is 1. The summed E-state index contributed by atoms with van der Waals surface area (Å²) < 4.78 is 21.7. The first-order chi connectivity index (χ1) is 13.5. The van der Waals surface area contributed by atoms with Crippen molar-refractivity contribution in [1.82, 2.24) is 25.0 Å². The molecule has 0 spiro atoms. The average Bonchev–Trinajstić information content (AvgIpc) is 3.30. The second kappa shape index (κ2) is 5.97. The molecule has 1 aliphatic heterocycles. The highest BCUT2D eigenvalue weighted by Crippen LogP contribution is 2.43. The fourth-order valence-electron chi connectivity index (χ4n) is 3.76. The van der Waals surface area contributed by atoms with Gasteiger partial charge in [0.1, 0.15) is 11.5 Å². The van der Waals surface area contributed by atoms with E-state index in [4.69, 9.17) is 9.84 Å². The lowest BCUT2D eigenvalue weighted by atomic mass is 9.95. The highest BCUT2D eigenvalue weighted by Gasteiger charge is 2.37. The van der Waals surface area contributed by atoms with Gasteiger partial charge in [-0.1, -0.05) is 0 Å². The Bertz CT molecular complexity index is 1180. The summed E-state index contributed by atoms with van der Waals surface area (Å²) >= 11 is 0. The lowest BCUT2D eigenvalue weighted by molar-refractivity contribution is -0.0883. The van der Waals surface area contributed by atoms with Crippen LogP contribution in [0, 0.1) is 5.82 Å². The molecule has 0 unspecified atom stereocenters. The fraction of sp³-hybridized carbons (Fsp3) is 0.286. The molecule has 0 saturated carbocycles. The minimum atomic E-state index is -0.334. The summed E-state index contributed by atoms with van der Waals surface area (Å²) in [4.78, 5) is 4.35. The highest BCUT2D eigenvalue weighted by molar-refractivity contribution is 5.97. The third kappa shape index (κ3) is 2.46. The third-order valence-electron chi connectivity index (χ3n) is 5.70. The third-order valence-corrected chi connectivity index (χ3v) is 5.70. The molecule has 7 heteroatoms. The molecule has 0 fully saturated rings. The first kappa shape index (κ1) is 17.1. The summed E-state index contributed by atoms with van der Waals surface area (Å²) in [6.07, 6.45) is 3.53. The molecule has 0 saturated heterocycles. The Kier molecular flexibility index (Phi) is 3.64. The van der Waals surface area contributed by atoms with Gasteiger partial charge in [0.25, 0.3) is 0 Å². The van der Waals surface area contributed by atoms with E-state index in [0.29, 0.717) is 12.3 Å². The first-order valence-corrected chi connectivity index (χ1v) is 9.25. The predicted octanol–water partition coefficient (Wildman–Crippen LogP) is 4.50. The van der Waals surface area contributed by atoms with Crippen LogP contribution in [0.2, 0.25) is 0 Å². The number of benzene rings is 1. The van der Waals surface area contributed by atoms with Crippen LogP contribution in [0.3, 0.4) is 0 Å². The molecule has 3 aromatic heterocycles. The van der Waals surface area contributed by atoms with Gasteiger partial charge in [-0.25, -0.2) is 9.37 Å². The molecule has 4 heterocycles. The van der Waals surface area contributed by atoms with Crippen LogP contribution in [-0.4, -0.2) is 30.6 Å². The molecule has 0 aliphatic carbocycles. The van der Waals surface area contributed by atoms with Gasteiger partial charge in [-0.3, -0.25) is 9.78 Å². The summed E-state index contributed by atoms with van der Waals surface area (Å²) in [6, 6.07) is 8.45. The van der Waals surface area contributed by atoms with Crippen molar-refractivity contribution in [2.24, 2.45) is 0 Å². The molecule has 28 heavy (non-hydrogen) atoms. The van der Waals surface area contributed by atoms with Crippen molar-refractivity contribution in [3.8, 4) is 22.4 Å². The van der Waals surface area contributed by atoms with E-state index in [1.165, 1.54) is 12.1 Å². The molecule has 1 atom stereocenters. The van der Waals surface area contributed by atoms with Gasteiger partial charge in [-0.2, -0.15) is 10.2 Å². The van der Waals surface area contributed by atoms with Gasteiger partial charge >= 0.3 is 0 Å². The molecule has 1 N–H and O–H groups in total. The van der Waals surface area contributed by atoms with Crippen LogP contribution >= 0.6 is 0 Å². The summed E-state index contributed by atoms with van der Waals surface area (Å²) in [5.74, 6) is -0.270. The Morgan fingerprint density at radius 2 is 2.00 bits per heavy atom. The Hall–Kier alpha value is -3.06. The monoisotopic (exact) mass is 377 g/mol. The smallest absolute Gasteiger partial charge is 0.155 e. The van der Waals surface area contributed by atoms with Crippen LogP contribution in [0.5, 0.6) is 0 Å². The summed E-state index contributed by atoms with van der Waals surface area (Å²) in [5.41, 5.74) is 5.00. The lowest BCUT2D eigenvalue weighted by Crippen LogP contribution is -2.40. The van der Waals surface area contributed by atoms with E-state index in [1.54, 1.807) is 24.5 Å². The van der Waals surface area contributed by atoms with Crippen LogP contribution in [0.25, 0.3) is 33.4 Å². The van der Waals surface area contributed by atoms with E-state index in [-0.39, 0.29) is 17.5 Å². The normalized spacial score (nSPS) is 18.4. The lowest BCUT2D eigenvalue weighted by Gasteiger charge is -2.37. The number of nitrogens with zero attached hydrogens (tertiary/aromatic N) is 4. The number of fused-ring (bicyclic) bond motifs is 2. The van der Waals surface area contributed by atoms with E-state index in [9.17, 15) is 4.39 Å². The molecular weight excluding hydrogens is 357 g/mol. The zero-order valence-electron chi connectivity index (χ0n) is 15.9. The molecule has 0 bridgehead atoms. The molecule has 5 rings (SSSR count). The van der Waals surface area contributed by atoms with Gasteiger partial charge in [-0.05, 0) is 56.7 Å². The minimum absolute atomic E-state index is 0.0471. The SMILES string of the molecule is C[C@H]1n2nc(-c3ccc(F)cc3)c(-c3ccnc4[nH]ncc34)c2COC1(C)C. The molecule has 4 aromatic rings. The molecule has 0 radical (unpaired) electrons. The van der Waals surface area contributed by atoms with Crippen molar-refractivity contribution in [2.45, 2.75) is 39.0 Å². The van der Waals surface area contributed by atoms with E-state index < -0.39 is 0 Å². The zero-order chi connectivity index (χ0) is 19.5. The number of H-pyrrole nitrogens is 1. The largest absolute Gasteiger partial charge is 0.367 e. The molecule has 142 valence electrons. The quantitative estimate of drug-likeness (QED) is 0.559. The number of nitrogens with one attached hydrogen (secondary N) is 1. The van der Waals surface area contributed by atoms with Crippen molar-refractivity contribution in [3.63, 3.8) is 0 Å². The van der Waals surface area contributed by atoms with Crippen molar-refractivity contribution in [1.29, 1.82) is 0 Å². The molecule has 0 amide bonds. The molecule has 1 aromatic carbocycles. The van der Waals surface area contributed by atoms with Gasteiger partial charge in [-0.15, -0.1) is 0 Å². The number of halogens is 1. The van der Waals surface area contributed by atoms with Gasteiger partial charge in [0, 0.05) is 22.7 Å². The average molecular weight is 377 g/mol. The van der Waals surface area contributed by atoms with Crippen molar-refractivity contribution < 1.29 is 9.13 Å². The number of pyridine rings is 1. The maximum atomic E-state index is 13.5. The Morgan fingerprint density at radius 1 is 1.21 bits per heavy atom. The van der Waals surface area contributed by atoms with Crippen molar-refractivity contribution >= 4 is 11.0 Å². The van der Waals surface area contributed by atoms with Gasteiger partial charge in [0.05, 0.1) is 30.1 Å². The van der Waals surface area contributed by atoms with Gasteiger partial charge in [0.15, 0.2) is 5.65 Å². The van der Waals surface area contributed by atoms with E-state index in [0.717, 1.165) is 33.5 Å². The van der Waals surface area contributed by atoms with E-state index in [1.807, 2.05) is 10.7 Å². The number of hydrogen-bond donors (Lipinski definition) is 1. The Balaban J connectivity index is 1.82. The Morgan fingerprint density at radius 3 is 2.79 bits per heavy atom. The maximum Gasteiger partial charge on any atom is 0.155 e. The second-order valence-electron chi connectivity index (χ2n) is 7.68. The van der Waals surface area contributed by atoms with Crippen molar-refractivity contribution in [2.75, 3.05) is 0 Å². The van der Waals surface area contributed by atoms with Crippen LogP contribution < -0.4 is 0 Å². The maximum absolute atomic E-state index is 13.5. The van der Waals surface area contributed by atoms with Gasteiger partial charge < -0.3 is 4.74 Å². The summed E-state index contributed by atoms with van der Waals surface area (Å²) in [6.45, 7) is 6.69.